The van der Waals surface area contributed by atoms with E-state index in [0.717, 1.165) is 5.75 Å². The van der Waals surface area contributed by atoms with Crippen LogP contribution in [0.2, 0.25) is 0 Å². The first kappa shape index (κ1) is 12.8. The highest BCUT2D eigenvalue weighted by Crippen LogP contribution is 2.29. The molecule has 2 unspecified atom stereocenters. The van der Waals surface area contributed by atoms with Gasteiger partial charge in [0.15, 0.2) is 0 Å². The number of esters is 1. The Balaban J connectivity index is 2.22. The zero-order chi connectivity index (χ0) is 11.1. The zero-order valence-corrected chi connectivity index (χ0v) is 10.4. The van der Waals surface area contributed by atoms with Crippen molar-refractivity contribution in [3.05, 3.63) is 0 Å². The van der Waals surface area contributed by atoms with Crippen molar-refractivity contribution < 1.29 is 9.53 Å². The molecular formula is C11H21NO2S. The molecule has 1 aliphatic rings. The van der Waals surface area contributed by atoms with E-state index in [4.69, 9.17) is 4.74 Å². The van der Waals surface area contributed by atoms with Gasteiger partial charge in [0, 0.05) is 11.3 Å². The second kappa shape index (κ2) is 7.12. The van der Waals surface area contributed by atoms with Crippen LogP contribution in [0.15, 0.2) is 0 Å². The van der Waals surface area contributed by atoms with Gasteiger partial charge in [-0.3, -0.25) is 4.79 Å². The van der Waals surface area contributed by atoms with Gasteiger partial charge in [0.2, 0.25) is 0 Å². The van der Waals surface area contributed by atoms with Crippen molar-refractivity contribution in [1.82, 2.24) is 5.32 Å². The van der Waals surface area contributed by atoms with Crippen LogP contribution >= 0.6 is 11.8 Å². The third-order valence-electron chi connectivity index (χ3n) is 2.65. The highest BCUT2D eigenvalue weighted by atomic mass is 32.2. The third kappa shape index (κ3) is 4.43. The van der Waals surface area contributed by atoms with Crippen molar-refractivity contribution >= 4 is 17.7 Å². The SMILES string of the molecule is CCOC(=O)CNC1CCCC1SCC. The fourth-order valence-electron chi connectivity index (χ4n) is 2.00. The van der Waals surface area contributed by atoms with E-state index in [0.29, 0.717) is 24.4 Å². The van der Waals surface area contributed by atoms with E-state index >= 15 is 0 Å². The van der Waals surface area contributed by atoms with Crippen LogP contribution in [-0.4, -0.2) is 36.2 Å². The predicted octanol–water partition coefficient (Wildman–Crippen LogP) is 1.81. The minimum atomic E-state index is -0.135. The van der Waals surface area contributed by atoms with E-state index < -0.39 is 0 Å². The van der Waals surface area contributed by atoms with Crippen LogP contribution in [0, 0.1) is 0 Å². The van der Waals surface area contributed by atoms with Crippen molar-refractivity contribution in [2.75, 3.05) is 18.9 Å². The Hall–Kier alpha value is -0.220. The van der Waals surface area contributed by atoms with Gasteiger partial charge in [-0.05, 0) is 25.5 Å². The van der Waals surface area contributed by atoms with Crippen LogP contribution in [0.5, 0.6) is 0 Å². The van der Waals surface area contributed by atoms with Gasteiger partial charge in [-0.1, -0.05) is 13.3 Å². The summed E-state index contributed by atoms with van der Waals surface area (Å²) in [5, 5.41) is 3.99. The van der Waals surface area contributed by atoms with Gasteiger partial charge in [-0.15, -0.1) is 0 Å². The molecule has 0 heterocycles. The Kier molecular flexibility index (Phi) is 6.10. The summed E-state index contributed by atoms with van der Waals surface area (Å²) in [4.78, 5) is 11.2. The van der Waals surface area contributed by atoms with Crippen LogP contribution in [0.3, 0.4) is 0 Å². The summed E-state index contributed by atoms with van der Waals surface area (Å²) in [7, 11) is 0. The lowest BCUT2D eigenvalue weighted by Crippen LogP contribution is -2.38. The number of carbonyl (C=O) groups excluding carboxylic acids is 1. The number of hydrogen-bond donors (Lipinski definition) is 1. The van der Waals surface area contributed by atoms with Gasteiger partial charge < -0.3 is 10.1 Å². The molecule has 0 aliphatic heterocycles. The van der Waals surface area contributed by atoms with E-state index in [-0.39, 0.29) is 5.97 Å². The highest BCUT2D eigenvalue weighted by Gasteiger charge is 2.27. The molecule has 0 bridgehead atoms. The largest absolute Gasteiger partial charge is 0.465 e. The Morgan fingerprint density at radius 1 is 1.47 bits per heavy atom. The lowest BCUT2D eigenvalue weighted by atomic mass is 10.2. The van der Waals surface area contributed by atoms with Crippen LogP contribution < -0.4 is 5.32 Å². The Labute approximate surface area is 96.3 Å². The number of carbonyl (C=O) groups is 1. The molecule has 3 nitrogen and oxygen atoms in total. The molecule has 1 aliphatic carbocycles. The van der Waals surface area contributed by atoms with E-state index in [9.17, 15) is 4.79 Å². The van der Waals surface area contributed by atoms with Crippen LogP contribution in [0.4, 0.5) is 0 Å². The molecule has 15 heavy (non-hydrogen) atoms. The molecule has 0 aromatic heterocycles. The molecule has 4 heteroatoms. The smallest absolute Gasteiger partial charge is 0.319 e. The molecule has 0 aromatic rings. The summed E-state index contributed by atoms with van der Waals surface area (Å²) in [5.41, 5.74) is 0. The van der Waals surface area contributed by atoms with Crippen LogP contribution in [-0.2, 0) is 9.53 Å². The number of rotatable bonds is 6. The van der Waals surface area contributed by atoms with Crippen molar-refractivity contribution in [2.24, 2.45) is 0 Å². The summed E-state index contributed by atoms with van der Waals surface area (Å²) in [6, 6.07) is 0.499. The molecule has 1 saturated carbocycles. The van der Waals surface area contributed by atoms with Gasteiger partial charge in [0.25, 0.3) is 0 Å². The zero-order valence-electron chi connectivity index (χ0n) is 9.62. The first-order chi connectivity index (χ1) is 7.27. The molecule has 0 radical (unpaired) electrons. The summed E-state index contributed by atoms with van der Waals surface area (Å²) in [5.74, 6) is 1.02. The first-order valence-electron chi connectivity index (χ1n) is 5.78. The maximum atomic E-state index is 11.2. The molecule has 0 aromatic carbocycles. The monoisotopic (exact) mass is 231 g/mol. The number of thioether (sulfide) groups is 1. The van der Waals surface area contributed by atoms with Crippen molar-refractivity contribution in [2.45, 2.75) is 44.4 Å². The summed E-state index contributed by atoms with van der Waals surface area (Å²) in [6.45, 7) is 4.85. The van der Waals surface area contributed by atoms with Crippen molar-refractivity contribution in [3.63, 3.8) is 0 Å². The van der Waals surface area contributed by atoms with Gasteiger partial charge >= 0.3 is 5.97 Å². The summed E-state index contributed by atoms with van der Waals surface area (Å²) in [6.07, 6.45) is 3.74. The Morgan fingerprint density at radius 2 is 2.27 bits per heavy atom. The quantitative estimate of drug-likeness (QED) is 0.708. The number of hydrogen-bond acceptors (Lipinski definition) is 4. The third-order valence-corrected chi connectivity index (χ3v) is 3.97. The molecule has 88 valence electrons. The maximum Gasteiger partial charge on any atom is 0.319 e. The Bertz CT molecular complexity index is 199. The number of nitrogens with one attached hydrogen (secondary N) is 1. The standard InChI is InChI=1S/C11H21NO2S/c1-3-14-11(13)8-12-9-6-5-7-10(9)15-4-2/h9-10,12H,3-8H2,1-2H3. The van der Waals surface area contributed by atoms with Gasteiger partial charge in [-0.25, -0.2) is 0 Å². The average Bonchev–Trinajstić information content (AvgIpc) is 2.64. The van der Waals surface area contributed by atoms with E-state index in [2.05, 4.69) is 12.2 Å². The minimum Gasteiger partial charge on any atom is -0.465 e. The first-order valence-corrected chi connectivity index (χ1v) is 6.83. The fourth-order valence-corrected chi connectivity index (χ4v) is 3.23. The normalized spacial score (nSPS) is 25.5. The second-order valence-corrected chi connectivity index (χ2v) is 5.23. The molecule has 2 atom stereocenters. The molecule has 0 amide bonds. The topological polar surface area (TPSA) is 38.3 Å². The second-order valence-electron chi connectivity index (χ2n) is 3.72. The Morgan fingerprint density at radius 3 is 2.93 bits per heavy atom. The molecular weight excluding hydrogens is 210 g/mol. The lowest BCUT2D eigenvalue weighted by Gasteiger charge is -2.19. The summed E-state index contributed by atoms with van der Waals surface area (Å²) < 4.78 is 4.89. The molecule has 0 spiro atoms. The van der Waals surface area contributed by atoms with Gasteiger partial charge in [0.05, 0.1) is 13.2 Å². The fraction of sp³-hybridized carbons (Fsp3) is 0.909. The minimum absolute atomic E-state index is 0.135. The molecule has 1 rings (SSSR count). The molecule has 0 saturated heterocycles. The number of ether oxygens (including phenoxy) is 1. The highest BCUT2D eigenvalue weighted by molar-refractivity contribution is 7.99. The van der Waals surface area contributed by atoms with E-state index in [1.54, 1.807) is 0 Å². The molecule has 1 fully saturated rings. The average molecular weight is 231 g/mol. The predicted molar refractivity (Wildman–Crippen MR) is 64.2 cm³/mol. The van der Waals surface area contributed by atoms with E-state index in [1.807, 2.05) is 18.7 Å². The van der Waals surface area contributed by atoms with E-state index in [1.165, 1.54) is 19.3 Å². The van der Waals surface area contributed by atoms with Crippen LogP contribution in [0.25, 0.3) is 0 Å². The van der Waals surface area contributed by atoms with Crippen LogP contribution in [0.1, 0.15) is 33.1 Å². The summed E-state index contributed by atoms with van der Waals surface area (Å²) >= 11 is 2.00. The van der Waals surface area contributed by atoms with Crippen molar-refractivity contribution in [3.8, 4) is 0 Å². The molecule has 1 N–H and O–H groups in total. The lowest BCUT2D eigenvalue weighted by molar-refractivity contribution is -0.142. The van der Waals surface area contributed by atoms with Crippen molar-refractivity contribution in [1.29, 1.82) is 0 Å². The van der Waals surface area contributed by atoms with Gasteiger partial charge in [-0.2, -0.15) is 11.8 Å². The maximum absolute atomic E-state index is 11.2. The van der Waals surface area contributed by atoms with Gasteiger partial charge in [0.1, 0.15) is 0 Å².